The van der Waals surface area contributed by atoms with Gasteiger partial charge in [0.05, 0.1) is 11.3 Å². The van der Waals surface area contributed by atoms with Crippen LogP contribution >= 0.6 is 0 Å². The van der Waals surface area contributed by atoms with Gasteiger partial charge in [-0.3, -0.25) is 4.79 Å². The number of nitrogens with zero attached hydrogens (tertiary/aromatic N) is 3. The van der Waals surface area contributed by atoms with Crippen molar-refractivity contribution in [1.82, 2.24) is 19.6 Å². The predicted octanol–water partition coefficient (Wildman–Crippen LogP) is 3.35. The van der Waals surface area contributed by atoms with Crippen LogP contribution in [0.25, 0.3) is 16.9 Å². The molecule has 140 valence electrons. The molecule has 1 aliphatic rings. The van der Waals surface area contributed by atoms with Gasteiger partial charge in [0.25, 0.3) is 5.91 Å². The summed E-state index contributed by atoms with van der Waals surface area (Å²) in [6.07, 6.45) is 7.22. The molecule has 1 unspecified atom stereocenters. The highest BCUT2D eigenvalue weighted by atomic mass is 19.1. The topological polar surface area (TPSA) is 49.6 Å². The number of carbonyl (C=O) groups is 1. The lowest BCUT2D eigenvalue weighted by Crippen LogP contribution is -2.44. The van der Waals surface area contributed by atoms with Gasteiger partial charge < -0.3 is 14.6 Å². The number of nitrogens with one attached hydrogen (secondary N) is 1. The van der Waals surface area contributed by atoms with Crippen molar-refractivity contribution in [2.75, 3.05) is 20.1 Å². The fourth-order valence-corrected chi connectivity index (χ4v) is 3.60. The molecule has 1 aromatic carbocycles. The van der Waals surface area contributed by atoms with E-state index in [0.717, 1.165) is 29.9 Å². The summed E-state index contributed by atoms with van der Waals surface area (Å²) in [6, 6.07) is 10.3. The molecule has 3 heterocycles. The van der Waals surface area contributed by atoms with Gasteiger partial charge in [-0.05, 0) is 62.8 Å². The zero-order valence-corrected chi connectivity index (χ0v) is 15.4. The predicted molar refractivity (Wildman–Crippen MR) is 103 cm³/mol. The molecule has 0 saturated carbocycles. The van der Waals surface area contributed by atoms with Crippen molar-refractivity contribution in [3.63, 3.8) is 0 Å². The molecule has 0 spiro atoms. The number of fused-ring (bicyclic) bond motifs is 1. The number of hydrogen-bond donors (Lipinski definition) is 1. The molecule has 0 bridgehead atoms. The van der Waals surface area contributed by atoms with E-state index in [-0.39, 0.29) is 11.7 Å². The lowest BCUT2D eigenvalue weighted by atomic mass is 10.0. The van der Waals surface area contributed by atoms with E-state index in [2.05, 4.69) is 22.2 Å². The van der Waals surface area contributed by atoms with Gasteiger partial charge in [-0.1, -0.05) is 6.42 Å². The number of hydrogen-bond acceptors (Lipinski definition) is 3. The molecule has 1 atom stereocenters. The Labute approximate surface area is 157 Å². The van der Waals surface area contributed by atoms with E-state index in [1.165, 1.54) is 25.0 Å². The fraction of sp³-hybridized carbons (Fsp3) is 0.333. The maximum absolute atomic E-state index is 13.1. The Morgan fingerprint density at radius 3 is 2.78 bits per heavy atom. The molecule has 1 aliphatic heterocycles. The van der Waals surface area contributed by atoms with Crippen molar-refractivity contribution in [2.45, 2.75) is 25.3 Å². The highest BCUT2D eigenvalue weighted by Gasteiger charge is 2.19. The van der Waals surface area contributed by atoms with Crippen LogP contribution in [0.5, 0.6) is 0 Å². The molecule has 6 heteroatoms. The normalized spacial score (nSPS) is 17.9. The SMILES string of the molecule is CN1CCCCC1CNC(=O)c1ccc2nc(-c3ccc(F)cc3)cn2c1. The number of halogens is 1. The Hall–Kier alpha value is -2.73. The van der Waals surface area contributed by atoms with Crippen molar-refractivity contribution in [1.29, 1.82) is 0 Å². The minimum absolute atomic E-state index is 0.0760. The first kappa shape index (κ1) is 17.7. The van der Waals surface area contributed by atoms with E-state index in [1.807, 2.05) is 16.7 Å². The van der Waals surface area contributed by atoms with Crippen molar-refractivity contribution in [3.05, 3.63) is 60.2 Å². The summed E-state index contributed by atoms with van der Waals surface area (Å²) in [5, 5.41) is 3.05. The second kappa shape index (κ2) is 7.48. The van der Waals surface area contributed by atoms with Crippen LogP contribution in [-0.2, 0) is 0 Å². The Bertz CT molecular complexity index is 950. The quantitative estimate of drug-likeness (QED) is 0.770. The Balaban J connectivity index is 1.49. The number of amides is 1. The average Bonchev–Trinajstić information content (AvgIpc) is 3.11. The first-order valence-electron chi connectivity index (χ1n) is 9.33. The Morgan fingerprint density at radius 2 is 2.00 bits per heavy atom. The Kier molecular flexibility index (Phi) is 4.90. The molecule has 1 amide bonds. The molecular weight excluding hydrogens is 343 g/mol. The van der Waals surface area contributed by atoms with Crippen molar-refractivity contribution >= 4 is 11.6 Å². The third kappa shape index (κ3) is 3.85. The standard InChI is InChI=1S/C21H23FN4O/c1-25-11-3-2-4-18(25)12-23-21(27)16-7-10-20-24-19(14-26(20)13-16)15-5-8-17(22)9-6-15/h5-10,13-14,18H,2-4,11-12H2,1H3,(H,23,27). The molecule has 5 nitrogen and oxygen atoms in total. The van der Waals surface area contributed by atoms with E-state index in [9.17, 15) is 9.18 Å². The lowest BCUT2D eigenvalue weighted by molar-refractivity contribution is 0.0928. The van der Waals surface area contributed by atoms with Crippen LogP contribution in [0.1, 0.15) is 29.6 Å². The minimum Gasteiger partial charge on any atom is -0.350 e. The number of pyridine rings is 1. The fourth-order valence-electron chi connectivity index (χ4n) is 3.60. The molecule has 1 N–H and O–H groups in total. The van der Waals surface area contributed by atoms with Crippen molar-refractivity contribution in [3.8, 4) is 11.3 Å². The van der Waals surface area contributed by atoms with Gasteiger partial charge in [0, 0.05) is 30.5 Å². The highest BCUT2D eigenvalue weighted by molar-refractivity contribution is 5.94. The number of benzene rings is 1. The van der Waals surface area contributed by atoms with Gasteiger partial charge in [-0.25, -0.2) is 9.37 Å². The summed E-state index contributed by atoms with van der Waals surface area (Å²) in [4.78, 5) is 19.4. The number of likely N-dealkylation sites (tertiary alicyclic amines) is 1. The van der Waals surface area contributed by atoms with Gasteiger partial charge in [-0.15, -0.1) is 0 Å². The van der Waals surface area contributed by atoms with E-state index in [0.29, 0.717) is 18.2 Å². The van der Waals surface area contributed by atoms with Crippen LogP contribution in [0.4, 0.5) is 4.39 Å². The summed E-state index contributed by atoms with van der Waals surface area (Å²) >= 11 is 0. The summed E-state index contributed by atoms with van der Waals surface area (Å²) in [6.45, 7) is 1.76. The van der Waals surface area contributed by atoms with E-state index < -0.39 is 0 Å². The number of rotatable bonds is 4. The van der Waals surface area contributed by atoms with E-state index in [4.69, 9.17) is 0 Å². The molecule has 3 aromatic rings. The van der Waals surface area contributed by atoms with Crippen molar-refractivity contribution < 1.29 is 9.18 Å². The van der Waals surface area contributed by atoms with Crippen LogP contribution in [0, 0.1) is 5.82 Å². The highest BCUT2D eigenvalue weighted by Crippen LogP contribution is 2.20. The van der Waals surface area contributed by atoms with Gasteiger partial charge in [0.15, 0.2) is 0 Å². The minimum atomic E-state index is -0.273. The molecule has 0 aliphatic carbocycles. The van der Waals surface area contributed by atoms with E-state index >= 15 is 0 Å². The average molecular weight is 366 g/mol. The van der Waals surface area contributed by atoms with Crippen LogP contribution in [0.2, 0.25) is 0 Å². The molecule has 1 fully saturated rings. The number of carbonyl (C=O) groups excluding carboxylic acids is 1. The summed E-state index contributed by atoms with van der Waals surface area (Å²) in [5.74, 6) is -0.349. The molecule has 27 heavy (non-hydrogen) atoms. The van der Waals surface area contributed by atoms with Gasteiger partial charge in [0.1, 0.15) is 11.5 Å². The molecule has 0 radical (unpaired) electrons. The number of imidazole rings is 1. The van der Waals surface area contributed by atoms with Gasteiger partial charge >= 0.3 is 0 Å². The first-order chi connectivity index (χ1) is 13.1. The molecule has 4 rings (SSSR count). The maximum atomic E-state index is 13.1. The maximum Gasteiger partial charge on any atom is 0.252 e. The zero-order valence-electron chi connectivity index (χ0n) is 15.4. The van der Waals surface area contributed by atoms with Gasteiger partial charge in [0.2, 0.25) is 0 Å². The smallest absolute Gasteiger partial charge is 0.252 e. The summed E-state index contributed by atoms with van der Waals surface area (Å²) in [5.41, 5.74) is 2.93. The van der Waals surface area contributed by atoms with E-state index in [1.54, 1.807) is 24.4 Å². The second-order valence-corrected chi connectivity index (χ2v) is 7.16. The van der Waals surface area contributed by atoms with Crippen LogP contribution in [0.3, 0.4) is 0 Å². The monoisotopic (exact) mass is 366 g/mol. The largest absolute Gasteiger partial charge is 0.350 e. The lowest BCUT2D eigenvalue weighted by Gasteiger charge is -2.32. The zero-order chi connectivity index (χ0) is 18.8. The van der Waals surface area contributed by atoms with Crippen molar-refractivity contribution in [2.24, 2.45) is 0 Å². The molecule has 1 saturated heterocycles. The summed E-state index contributed by atoms with van der Waals surface area (Å²) < 4.78 is 14.9. The van der Waals surface area contributed by atoms with Crippen LogP contribution in [0.15, 0.2) is 48.8 Å². The third-order valence-electron chi connectivity index (χ3n) is 5.27. The van der Waals surface area contributed by atoms with Crippen LogP contribution < -0.4 is 5.32 Å². The third-order valence-corrected chi connectivity index (χ3v) is 5.27. The number of likely N-dealkylation sites (N-methyl/N-ethyl adjacent to an activating group) is 1. The number of aromatic nitrogens is 2. The molecule has 2 aromatic heterocycles. The second-order valence-electron chi connectivity index (χ2n) is 7.16. The number of piperidine rings is 1. The summed E-state index contributed by atoms with van der Waals surface area (Å²) in [7, 11) is 2.12. The molecular formula is C21H23FN4O. The van der Waals surface area contributed by atoms with Gasteiger partial charge in [-0.2, -0.15) is 0 Å². The van der Waals surface area contributed by atoms with Crippen LogP contribution in [-0.4, -0.2) is 46.4 Å². The first-order valence-corrected chi connectivity index (χ1v) is 9.33. The Morgan fingerprint density at radius 1 is 1.19 bits per heavy atom.